The fourth-order valence-electron chi connectivity index (χ4n) is 2.23. The second kappa shape index (κ2) is 9.21. The molecule has 0 saturated carbocycles. The van der Waals surface area contributed by atoms with Crippen molar-refractivity contribution in [3.8, 4) is 5.75 Å². The molecule has 0 aliphatic rings. The molecule has 0 fully saturated rings. The summed E-state index contributed by atoms with van der Waals surface area (Å²) in [7, 11) is -3.56. The van der Waals surface area contributed by atoms with Crippen molar-refractivity contribution in [2.45, 2.75) is 38.1 Å². The lowest BCUT2D eigenvalue weighted by Gasteiger charge is -2.13. The van der Waals surface area contributed by atoms with Crippen LogP contribution >= 0.6 is 11.6 Å². The molecule has 2 rings (SSSR count). The molecule has 27 heavy (non-hydrogen) atoms. The van der Waals surface area contributed by atoms with Crippen molar-refractivity contribution in [2.24, 2.45) is 0 Å². The Kier molecular flexibility index (Phi) is 7.24. The molecule has 0 bridgehead atoms. The summed E-state index contributed by atoms with van der Waals surface area (Å²) >= 11 is 5.89. The maximum Gasteiger partial charge on any atom is 0.262 e. The minimum Gasteiger partial charge on any atom is -0.484 e. The number of benzene rings is 2. The van der Waals surface area contributed by atoms with Gasteiger partial charge in [-0.1, -0.05) is 18.5 Å². The van der Waals surface area contributed by atoms with E-state index in [2.05, 4.69) is 10.0 Å². The summed E-state index contributed by atoms with van der Waals surface area (Å²) < 4.78 is 32.4. The quantitative estimate of drug-likeness (QED) is 0.694. The van der Waals surface area contributed by atoms with Gasteiger partial charge in [0.05, 0.1) is 4.90 Å². The minimum atomic E-state index is -3.56. The lowest BCUT2D eigenvalue weighted by Crippen LogP contribution is -2.31. The van der Waals surface area contributed by atoms with Crippen molar-refractivity contribution >= 4 is 33.2 Å². The molecule has 8 heteroatoms. The monoisotopic (exact) mass is 410 g/mol. The van der Waals surface area contributed by atoms with Gasteiger partial charge in [-0.05, 0) is 68.3 Å². The topological polar surface area (TPSA) is 84.5 Å². The number of nitrogens with one attached hydrogen (secondary N) is 2. The van der Waals surface area contributed by atoms with Crippen LogP contribution in [0.4, 0.5) is 5.69 Å². The van der Waals surface area contributed by atoms with E-state index >= 15 is 0 Å². The molecule has 1 amide bonds. The number of hydrogen-bond donors (Lipinski definition) is 2. The number of carbonyl (C=O) groups excluding carboxylic acids is 1. The van der Waals surface area contributed by atoms with E-state index in [1.54, 1.807) is 25.1 Å². The molecule has 0 aromatic heterocycles. The zero-order valence-electron chi connectivity index (χ0n) is 15.5. The first-order valence-corrected chi connectivity index (χ1v) is 10.4. The minimum absolute atomic E-state index is 0.147. The van der Waals surface area contributed by atoms with Crippen molar-refractivity contribution in [1.82, 2.24) is 4.72 Å². The van der Waals surface area contributed by atoms with Crippen molar-refractivity contribution in [1.29, 1.82) is 0 Å². The maximum atomic E-state index is 12.2. The summed E-state index contributed by atoms with van der Waals surface area (Å²) in [6, 6.07) is 11.0. The second-order valence-electron chi connectivity index (χ2n) is 6.20. The summed E-state index contributed by atoms with van der Waals surface area (Å²) in [5.74, 6) is 0.0797. The number of halogens is 1. The highest BCUT2D eigenvalue weighted by Crippen LogP contribution is 2.20. The van der Waals surface area contributed by atoms with Crippen LogP contribution in [-0.4, -0.2) is 27.0 Å². The highest BCUT2D eigenvalue weighted by atomic mass is 35.5. The highest BCUT2D eigenvalue weighted by molar-refractivity contribution is 7.89. The fraction of sp³-hybridized carbons (Fsp3) is 0.316. The van der Waals surface area contributed by atoms with Crippen molar-refractivity contribution in [2.75, 3.05) is 11.9 Å². The third kappa shape index (κ3) is 6.23. The molecule has 0 unspecified atom stereocenters. The molecule has 2 N–H and O–H groups in total. The zero-order valence-corrected chi connectivity index (χ0v) is 17.0. The summed E-state index contributed by atoms with van der Waals surface area (Å²) in [5.41, 5.74) is 1.50. The van der Waals surface area contributed by atoms with Crippen LogP contribution in [0.15, 0.2) is 47.4 Å². The van der Waals surface area contributed by atoms with Crippen LogP contribution < -0.4 is 14.8 Å². The molecule has 6 nitrogen and oxygen atoms in total. The van der Waals surface area contributed by atoms with Crippen LogP contribution in [0.5, 0.6) is 5.75 Å². The molecule has 0 aliphatic carbocycles. The van der Waals surface area contributed by atoms with E-state index in [-0.39, 0.29) is 23.5 Å². The van der Waals surface area contributed by atoms with E-state index in [0.29, 0.717) is 22.9 Å². The van der Waals surface area contributed by atoms with E-state index in [9.17, 15) is 13.2 Å². The number of ether oxygens (including phenoxy) is 1. The van der Waals surface area contributed by atoms with Gasteiger partial charge in [0.1, 0.15) is 5.75 Å². The standard InChI is InChI=1S/C19H23ClN2O4S/c1-4-14(3)22-27(24,25)17-8-6-16(7-9-17)26-12-19(23)21-18-10-5-15(20)11-13(18)2/h5-11,14,22H,4,12H2,1-3H3,(H,21,23)/t14-/m0/s1. The van der Waals surface area contributed by atoms with E-state index < -0.39 is 10.0 Å². The normalized spacial score (nSPS) is 12.4. The van der Waals surface area contributed by atoms with Crippen LogP contribution in [0.25, 0.3) is 0 Å². The molecule has 1 atom stereocenters. The number of aryl methyl sites for hydroxylation is 1. The average Bonchev–Trinajstić information content (AvgIpc) is 2.62. The van der Waals surface area contributed by atoms with Gasteiger partial charge in [-0.3, -0.25) is 4.79 Å². The smallest absolute Gasteiger partial charge is 0.262 e. The van der Waals surface area contributed by atoms with Crippen LogP contribution in [0.3, 0.4) is 0 Å². The average molecular weight is 411 g/mol. The molecule has 0 saturated heterocycles. The van der Waals surface area contributed by atoms with Gasteiger partial charge in [0.15, 0.2) is 6.61 Å². The van der Waals surface area contributed by atoms with Crippen LogP contribution in [-0.2, 0) is 14.8 Å². The van der Waals surface area contributed by atoms with Gasteiger partial charge in [0.25, 0.3) is 5.91 Å². The van der Waals surface area contributed by atoms with E-state index in [1.165, 1.54) is 24.3 Å². The molecular weight excluding hydrogens is 388 g/mol. The summed E-state index contributed by atoms with van der Waals surface area (Å²) in [4.78, 5) is 12.2. The molecule has 0 spiro atoms. The van der Waals surface area contributed by atoms with Gasteiger partial charge in [0.2, 0.25) is 10.0 Å². The third-order valence-electron chi connectivity index (χ3n) is 3.94. The molecule has 0 aliphatic heterocycles. The highest BCUT2D eigenvalue weighted by Gasteiger charge is 2.16. The molecule has 2 aromatic rings. The Hall–Kier alpha value is -2.09. The summed E-state index contributed by atoms with van der Waals surface area (Å²) in [6.07, 6.45) is 0.697. The van der Waals surface area contributed by atoms with E-state index in [0.717, 1.165) is 5.56 Å². The number of carbonyl (C=O) groups is 1. The first-order chi connectivity index (χ1) is 12.7. The predicted octanol–water partition coefficient (Wildman–Crippen LogP) is 3.74. The van der Waals surface area contributed by atoms with Gasteiger partial charge in [0, 0.05) is 16.8 Å². The predicted molar refractivity (Wildman–Crippen MR) is 107 cm³/mol. The molecular formula is C19H23ClN2O4S. The molecule has 2 aromatic carbocycles. The number of amides is 1. The van der Waals surface area contributed by atoms with Gasteiger partial charge in [-0.25, -0.2) is 13.1 Å². The van der Waals surface area contributed by atoms with Crippen molar-refractivity contribution in [3.05, 3.63) is 53.1 Å². The fourth-order valence-corrected chi connectivity index (χ4v) is 3.79. The number of hydrogen-bond acceptors (Lipinski definition) is 4. The van der Waals surface area contributed by atoms with Gasteiger partial charge < -0.3 is 10.1 Å². The Balaban J connectivity index is 1.93. The van der Waals surface area contributed by atoms with Crippen LogP contribution in [0, 0.1) is 6.92 Å². The summed E-state index contributed by atoms with van der Waals surface area (Å²) in [6.45, 7) is 5.35. The Morgan fingerprint density at radius 1 is 1.19 bits per heavy atom. The maximum absolute atomic E-state index is 12.2. The van der Waals surface area contributed by atoms with E-state index in [1.807, 2.05) is 13.8 Å². The second-order valence-corrected chi connectivity index (χ2v) is 8.35. The van der Waals surface area contributed by atoms with Crippen LogP contribution in [0.1, 0.15) is 25.8 Å². The Labute approximate surface area is 164 Å². The molecule has 0 radical (unpaired) electrons. The van der Waals surface area contributed by atoms with Crippen molar-refractivity contribution < 1.29 is 17.9 Å². The first kappa shape index (κ1) is 21.2. The van der Waals surface area contributed by atoms with Gasteiger partial charge >= 0.3 is 0 Å². The molecule has 0 heterocycles. The lowest BCUT2D eigenvalue weighted by atomic mass is 10.2. The first-order valence-electron chi connectivity index (χ1n) is 8.52. The van der Waals surface area contributed by atoms with Crippen LogP contribution in [0.2, 0.25) is 5.02 Å². The number of rotatable bonds is 8. The SMILES string of the molecule is CC[C@H](C)NS(=O)(=O)c1ccc(OCC(=O)Nc2ccc(Cl)cc2C)cc1. The van der Waals surface area contributed by atoms with Crippen molar-refractivity contribution in [3.63, 3.8) is 0 Å². The third-order valence-corrected chi connectivity index (χ3v) is 5.78. The zero-order chi connectivity index (χ0) is 20.0. The van der Waals surface area contributed by atoms with E-state index in [4.69, 9.17) is 16.3 Å². The molecule has 146 valence electrons. The summed E-state index contributed by atoms with van der Waals surface area (Å²) in [5, 5.41) is 3.34. The number of anilines is 1. The number of sulfonamides is 1. The Morgan fingerprint density at radius 2 is 1.85 bits per heavy atom. The van der Waals surface area contributed by atoms with Gasteiger partial charge in [-0.15, -0.1) is 0 Å². The Morgan fingerprint density at radius 3 is 2.44 bits per heavy atom. The largest absolute Gasteiger partial charge is 0.484 e. The lowest BCUT2D eigenvalue weighted by molar-refractivity contribution is -0.118. The van der Waals surface area contributed by atoms with Gasteiger partial charge in [-0.2, -0.15) is 0 Å². The Bertz CT molecular complexity index is 898.